The van der Waals surface area contributed by atoms with Gasteiger partial charge in [0.2, 0.25) is 4.32 Å². The number of sulfonamides is 2. The largest absolute Gasteiger partial charge is 0.254 e. The molecule has 0 heterocycles. The van der Waals surface area contributed by atoms with E-state index in [9.17, 15) is 33.7 Å². The Morgan fingerprint density at radius 1 is 0.650 bits per heavy atom. The van der Waals surface area contributed by atoms with Gasteiger partial charge in [0.15, 0.2) is 19.7 Å². The van der Waals surface area contributed by atoms with Gasteiger partial charge in [-0.3, -0.25) is 0 Å². The summed E-state index contributed by atoms with van der Waals surface area (Å²) in [6, 6.07) is 0. The summed E-state index contributed by atoms with van der Waals surface area (Å²) in [5, 5.41) is 0. The van der Waals surface area contributed by atoms with Crippen LogP contribution in [-0.2, 0) is 39.7 Å². The normalized spacial score (nSPS) is 15.8. The highest BCUT2D eigenvalue weighted by atomic mass is 32.3. The van der Waals surface area contributed by atoms with Crippen LogP contribution in [0.25, 0.3) is 0 Å². The predicted octanol–water partition coefficient (Wildman–Crippen LogP) is -0.872. The minimum Gasteiger partial charge on any atom is -0.227 e. The maximum absolute atomic E-state index is 11.5. The fourth-order valence-corrected chi connectivity index (χ4v) is 11.2. The molecule has 0 aromatic heterocycles. The van der Waals surface area contributed by atoms with Gasteiger partial charge in [-0.2, -0.15) is 0 Å². The first-order valence-electron chi connectivity index (χ1n) is 4.46. The third kappa shape index (κ3) is 7.47. The summed E-state index contributed by atoms with van der Waals surface area (Å²) in [6.07, 6.45) is 2.21. The van der Waals surface area contributed by atoms with Crippen LogP contribution in [0.4, 0.5) is 0 Å². The molecule has 0 saturated carbocycles. The fraction of sp³-hybridized carbons (Fsp3) is 1.00. The minimum absolute atomic E-state index is 0.531. The van der Waals surface area contributed by atoms with Gasteiger partial charge in [0.05, 0.1) is 12.5 Å². The lowest BCUT2D eigenvalue weighted by Gasteiger charge is -2.08. The van der Waals surface area contributed by atoms with Crippen molar-refractivity contribution in [2.75, 3.05) is 25.0 Å². The van der Waals surface area contributed by atoms with Crippen molar-refractivity contribution in [1.82, 2.24) is 0 Å². The van der Waals surface area contributed by atoms with Crippen LogP contribution < -0.4 is 0 Å². The zero-order chi connectivity index (χ0) is 16.6. The first-order valence-corrected chi connectivity index (χ1v) is 13.4. The van der Waals surface area contributed by atoms with Crippen molar-refractivity contribution in [3.63, 3.8) is 0 Å². The molecule has 0 aliphatic carbocycles. The molecule has 0 saturated heterocycles. The van der Waals surface area contributed by atoms with E-state index in [0.29, 0.717) is 25.0 Å². The van der Waals surface area contributed by atoms with Crippen molar-refractivity contribution >= 4 is 47.2 Å². The first-order chi connectivity index (χ1) is 8.43. The molecule has 0 aliphatic heterocycles. The van der Waals surface area contributed by atoms with E-state index in [-0.39, 0.29) is 0 Å². The summed E-state index contributed by atoms with van der Waals surface area (Å²) in [4.78, 5) is 0. The second kappa shape index (κ2) is 5.83. The van der Waals surface area contributed by atoms with Crippen LogP contribution in [0.5, 0.6) is 0 Å². The molecule has 15 heteroatoms. The van der Waals surface area contributed by atoms with Crippen molar-refractivity contribution in [2.24, 2.45) is 8.30 Å². The number of nitrogens with zero attached hydrogens (tertiary/aromatic N) is 2. The van der Waals surface area contributed by atoms with Gasteiger partial charge >= 0.3 is 0 Å². The van der Waals surface area contributed by atoms with Gasteiger partial charge < -0.3 is 0 Å². The minimum atomic E-state index is -4.34. The maximum atomic E-state index is 11.5. The average molecular weight is 388 g/mol. The van der Waals surface area contributed by atoms with E-state index in [0.717, 1.165) is 0 Å². The van der Waals surface area contributed by atoms with Crippen LogP contribution in [0.15, 0.2) is 8.30 Å². The molecule has 0 aromatic carbocycles. The highest BCUT2D eigenvalue weighted by Gasteiger charge is 2.35. The smallest absolute Gasteiger partial charge is 0.227 e. The topological polar surface area (TPSA) is 161 Å². The van der Waals surface area contributed by atoms with Crippen molar-refractivity contribution in [2.45, 2.75) is 4.32 Å². The Hall–Kier alpha value is -0.300. The van der Waals surface area contributed by atoms with Crippen LogP contribution in [0, 0.1) is 0 Å². The molecule has 1 atom stereocenters. The molecular formula is C5H13N2O8PS4. The van der Waals surface area contributed by atoms with Crippen molar-refractivity contribution < 1.29 is 33.7 Å². The summed E-state index contributed by atoms with van der Waals surface area (Å²) in [6.45, 7) is 0. The lowest BCUT2D eigenvalue weighted by molar-refractivity contribution is 0.592. The average Bonchev–Trinajstić information content (AvgIpc) is 1.87. The Morgan fingerprint density at radius 2 is 0.900 bits per heavy atom. The highest BCUT2D eigenvalue weighted by molar-refractivity contribution is 8.15. The fourth-order valence-electron chi connectivity index (χ4n) is 1.06. The third-order valence-electron chi connectivity index (χ3n) is 1.39. The molecule has 0 radical (unpaired) electrons. The van der Waals surface area contributed by atoms with Crippen molar-refractivity contribution in [1.29, 1.82) is 0 Å². The zero-order valence-electron chi connectivity index (χ0n) is 10.8. The summed E-state index contributed by atoms with van der Waals surface area (Å²) in [5.41, 5.74) is 0. The predicted molar refractivity (Wildman–Crippen MR) is 74.9 cm³/mol. The highest BCUT2D eigenvalue weighted by Crippen LogP contribution is 2.34. The lowest BCUT2D eigenvalue weighted by Crippen LogP contribution is -2.24. The Morgan fingerprint density at radius 3 is 1.05 bits per heavy atom. The van der Waals surface area contributed by atoms with Gasteiger partial charge in [0.1, 0.15) is 7.51 Å². The lowest BCUT2D eigenvalue weighted by atomic mass is 11.8. The van der Waals surface area contributed by atoms with E-state index >= 15 is 0 Å². The number of hydrogen-bond acceptors (Lipinski definition) is 8. The number of hydrogen-bond donors (Lipinski definition) is 0. The second-order valence-corrected chi connectivity index (χ2v) is 14.6. The Labute approximate surface area is 118 Å². The molecule has 20 heavy (non-hydrogen) atoms. The van der Waals surface area contributed by atoms with E-state index < -0.39 is 51.5 Å². The molecule has 120 valence electrons. The van der Waals surface area contributed by atoms with Gasteiger partial charge in [-0.25, -0.2) is 33.7 Å². The first kappa shape index (κ1) is 19.7. The zero-order valence-corrected chi connectivity index (χ0v) is 15.0. The summed E-state index contributed by atoms with van der Waals surface area (Å²) >= 11 is 0. The standard InChI is InChI=1S/C5H13N2O8PS4/c1-17(8,9)5(18(2,10)11)16(6-19(3,12)13)7-20(4,14)15/h5H,1-4H3. The molecular weight excluding hydrogens is 375 g/mol. The van der Waals surface area contributed by atoms with Gasteiger partial charge in [0, 0.05) is 12.5 Å². The Bertz CT molecular complexity index is 814. The van der Waals surface area contributed by atoms with Crippen LogP contribution in [-0.4, -0.2) is 63.0 Å². The van der Waals surface area contributed by atoms with Crippen molar-refractivity contribution in [3.05, 3.63) is 0 Å². The molecule has 0 amide bonds. The maximum Gasteiger partial charge on any atom is 0.254 e. The number of sulfone groups is 2. The van der Waals surface area contributed by atoms with E-state index in [1.807, 2.05) is 0 Å². The summed E-state index contributed by atoms with van der Waals surface area (Å²) in [7, 11) is -20.2. The van der Waals surface area contributed by atoms with Gasteiger partial charge in [0.25, 0.3) is 20.0 Å². The van der Waals surface area contributed by atoms with E-state index in [2.05, 4.69) is 8.30 Å². The van der Waals surface area contributed by atoms with Crippen LogP contribution in [0.1, 0.15) is 0 Å². The Kier molecular flexibility index (Phi) is 5.74. The molecule has 0 N–H and O–H groups in total. The quantitative estimate of drug-likeness (QED) is 0.549. The molecule has 10 nitrogen and oxygen atoms in total. The summed E-state index contributed by atoms with van der Waals surface area (Å²) in [5.74, 6) is 0. The van der Waals surface area contributed by atoms with Crippen LogP contribution in [0.3, 0.4) is 0 Å². The van der Waals surface area contributed by atoms with E-state index in [1.165, 1.54) is 0 Å². The van der Waals surface area contributed by atoms with Gasteiger partial charge in [-0.1, -0.05) is 0 Å². The second-order valence-electron chi connectivity index (χ2n) is 3.92. The molecule has 0 aliphatic rings. The molecule has 0 spiro atoms. The van der Waals surface area contributed by atoms with Crippen LogP contribution >= 0.6 is 7.51 Å². The van der Waals surface area contributed by atoms with Gasteiger partial charge in [-0.05, 0) is 0 Å². The SMILES string of the molecule is CS(=O)(=O)/N=P(=N/S(C)(=O)=O)/C(S(C)(=O)=O)S(C)(=O)=O. The molecule has 0 aromatic rings. The van der Waals surface area contributed by atoms with Crippen molar-refractivity contribution in [3.8, 4) is 0 Å². The van der Waals surface area contributed by atoms with E-state index in [1.54, 1.807) is 0 Å². The molecule has 0 rings (SSSR count). The van der Waals surface area contributed by atoms with E-state index in [4.69, 9.17) is 0 Å². The number of rotatable bonds is 5. The summed E-state index contributed by atoms with van der Waals surface area (Å²) < 4.78 is 94.0. The Balaban J connectivity index is 6.90. The van der Waals surface area contributed by atoms with Gasteiger partial charge in [-0.15, -0.1) is 8.30 Å². The molecule has 0 fully saturated rings. The molecule has 1 unspecified atom stereocenters. The van der Waals surface area contributed by atoms with Crippen LogP contribution in [0.2, 0.25) is 0 Å². The molecule has 0 bridgehead atoms. The monoisotopic (exact) mass is 388 g/mol. The third-order valence-corrected chi connectivity index (χ3v) is 12.5.